The van der Waals surface area contributed by atoms with Crippen LogP contribution >= 0.6 is 15.9 Å². The highest BCUT2D eigenvalue weighted by molar-refractivity contribution is 9.10. The van der Waals surface area contributed by atoms with Crippen LogP contribution in [-0.4, -0.2) is 44.7 Å². The van der Waals surface area contributed by atoms with Crippen molar-refractivity contribution in [1.82, 2.24) is 10.2 Å². The van der Waals surface area contributed by atoms with E-state index in [9.17, 15) is 4.39 Å². The van der Waals surface area contributed by atoms with Crippen LogP contribution in [0.25, 0.3) is 0 Å². The van der Waals surface area contributed by atoms with Crippen LogP contribution in [0.2, 0.25) is 0 Å². The maximum atomic E-state index is 13.8. The second kappa shape index (κ2) is 7.75. The lowest BCUT2D eigenvalue weighted by molar-refractivity contribution is 0.181. The predicted octanol–water partition coefficient (Wildman–Crippen LogP) is 2.63. The Morgan fingerprint density at radius 3 is 3.00 bits per heavy atom. The van der Waals surface area contributed by atoms with E-state index in [-0.39, 0.29) is 5.82 Å². The van der Waals surface area contributed by atoms with Gasteiger partial charge in [-0.15, -0.1) is 0 Å². The fourth-order valence-electron chi connectivity index (χ4n) is 2.43. The highest BCUT2D eigenvalue weighted by Crippen LogP contribution is 2.16. The molecule has 0 radical (unpaired) electrons. The van der Waals surface area contributed by atoms with Crippen molar-refractivity contribution in [3.63, 3.8) is 0 Å². The topological polar surface area (TPSA) is 36.9 Å². The minimum absolute atomic E-state index is 0.223. The summed E-state index contributed by atoms with van der Waals surface area (Å²) in [4.78, 5) is 6.32. The van der Waals surface area contributed by atoms with Gasteiger partial charge in [-0.1, -0.05) is 22.0 Å². The molecule has 1 N–H and O–H groups in total. The first-order chi connectivity index (χ1) is 10.1. The Labute approximate surface area is 133 Å². The number of benzene rings is 1. The number of guanidine groups is 1. The van der Waals surface area contributed by atoms with Crippen molar-refractivity contribution in [2.24, 2.45) is 10.9 Å². The summed E-state index contributed by atoms with van der Waals surface area (Å²) in [5.74, 6) is 1.08. The van der Waals surface area contributed by atoms with E-state index in [1.807, 2.05) is 13.1 Å². The van der Waals surface area contributed by atoms with Gasteiger partial charge in [0.2, 0.25) is 0 Å². The molecule has 1 atom stereocenters. The highest BCUT2D eigenvalue weighted by Gasteiger charge is 2.19. The number of aliphatic imine (C=N–C) groups is 1. The molecule has 21 heavy (non-hydrogen) atoms. The lowest BCUT2D eigenvalue weighted by Crippen LogP contribution is -2.41. The van der Waals surface area contributed by atoms with E-state index in [4.69, 9.17) is 4.74 Å². The molecule has 1 aromatic rings. The lowest BCUT2D eigenvalue weighted by Gasteiger charge is -2.24. The second-order valence-electron chi connectivity index (χ2n) is 5.25. The van der Waals surface area contributed by atoms with E-state index < -0.39 is 0 Å². The molecule has 0 aromatic heterocycles. The molecule has 1 fully saturated rings. The van der Waals surface area contributed by atoms with Gasteiger partial charge in [-0.3, -0.25) is 4.99 Å². The molecule has 0 spiro atoms. The summed E-state index contributed by atoms with van der Waals surface area (Å²) in [5.41, 5.74) is 0.622. The van der Waals surface area contributed by atoms with Crippen molar-refractivity contribution in [2.45, 2.75) is 13.0 Å². The van der Waals surface area contributed by atoms with Crippen molar-refractivity contribution in [3.8, 4) is 0 Å². The van der Waals surface area contributed by atoms with Crippen molar-refractivity contribution < 1.29 is 9.13 Å². The number of halogens is 2. The van der Waals surface area contributed by atoms with E-state index >= 15 is 0 Å². The third-order valence-electron chi connectivity index (χ3n) is 3.58. The molecule has 1 heterocycles. The maximum Gasteiger partial charge on any atom is 0.193 e. The summed E-state index contributed by atoms with van der Waals surface area (Å²) in [7, 11) is 3.73. The van der Waals surface area contributed by atoms with Crippen LogP contribution in [0.1, 0.15) is 12.0 Å². The Balaban J connectivity index is 1.89. The summed E-state index contributed by atoms with van der Waals surface area (Å²) in [6.07, 6.45) is 1.09. The molecule has 4 nitrogen and oxygen atoms in total. The standard InChI is InChI=1S/C15H21BrFN3O/c1-18-15(20(2)9-11-5-6-21-10-11)19-8-12-3-4-13(16)7-14(12)17/h3-4,7,11H,5-6,8-10H2,1-2H3,(H,18,19). The van der Waals surface area contributed by atoms with Crippen molar-refractivity contribution in [1.29, 1.82) is 0 Å². The predicted molar refractivity (Wildman–Crippen MR) is 85.9 cm³/mol. The lowest BCUT2D eigenvalue weighted by atomic mass is 10.1. The molecule has 1 aromatic carbocycles. The number of rotatable bonds is 4. The van der Waals surface area contributed by atoms with Gasteiger partial charge in [0.25, 0.3) is 0 Å². The van der Waals surface area contributed by atoms with Gasteiger partial charge in [-0.05, 0) is 18.6 Å². The van der Waals surface area contributed by atoms with Crippen LogP contribution in [0, 0.1) is 11.7 Å². The molecule has 0 aliphatic carbocycles. The minimum Gasteiger partial charge on any atom is -0.381 e. The Morgan fingerprint density at radius 2 is 2.38 bits per heavy atom. The van der Waals surface area contributed by atoms with Gasteiger partial charge in [0.1, 0.15) is 5.82 Å². The smallest absolute Gasteiger partial charge is 0.193 e. The number of hydrogen-bond acceptors (Lipinski definition) is 2. The van der Waals surface area contributed by atoms with Gasteiger partial charge in [0.15, 0.2) is 5.96 Å². The second-order valence-corrected chi connectivity index (χ2v) is 6.16. The van der Waals surface area contributed by atoms with Crippen LogP contribution in [0.3, 0.4) is 0 Å². The first-order valence-corrected chi connectivity index (χ1v) is 7.83. The first-order valence-electron chi connectivity index (χ1n) is 7.03. The van der Waals surface area contributed by atoms with Crippen molar-refractivity contribution >= 4 is 21.9 Å². The fourth-order valence-corrected chi connectivity index (χ4v) is 2.76. The molecule has 116 valence electrons. The van der Waals surface area contributed by atoms with Crippen LogP contribution in [0.4, 0.5) is 4.39 Å². The Morgan fingerprint density at radius 1 is 1.57 bits per heavy atom. The van der Waals surface area contributed by atoms with E-state index in [1.165, 1.54) is 6.07 Å². The SMILES string of the molecule is CN=C(NCc1ccc(Br)cc1F)N(C)CC1CCOC1. The quantitative estimate of drug-likeness (QED) is 0.664. The van der Waals surface area contributed by atoms with Crippen molar-refractivity contribution in [3.05, 3.63) is 34.1 Å². The number of hydrogen-bond donors (Lipinski definition) is 1. The molecule has 0 saturated carbocycles. The van der Waals surface area contributed by atoms with E-state index in [0.717, 1.165) is 36.6 Å². The first kappa shape index (κ1) is 16.2. The molecule has 0 amide bonds. The average molecular weight is 358 g/mol. The van der Waals surface area contributed by atoms with Gasteiger partial charge in [-0.25, -0.2) is 4.39 Å². The van der Waals surface area contributed by atoms with E-state index in [0.29, 0.717) is 18.0 Å². The fraction of sp³-hybridized carbons (Fsp3) is 0.533. The molecule has 2 rings (SSSR count). The average Bonchev–Trinajstić information content (AvgIpc) is 2.94. The van der Waals surface area contributed by atoms with Crippen molar-refractivity contribution in [2.75, 3.05) is 33.9 Å². The zero-order valence-corrected chi connectivity index (χ0v) is 14.0. The number of nitrogens with one attached hydrogen (secondary N) is 1. The molecule has 0 bridgehead atoms. The third-order valence-corrected chi connectivity index (χ3v) is 4.07. The van der Waals surface area contributed by atoms with E-state index in [2.05, 4.69) is 31.1 Å². The number of ether oxygens (including phenoxy) is 1. The summed E-state index contributed by atoms with van der Waals surface area (Å²) >= 11 is 3.26. The zero-order chi connectivity index (χ0) is 15.2. The van der Waals surface area contributed by atoms with Gasteiger partial charge in [0, 0.05) is 49.7 Å². The molecule has 1 unspecified atom stereocenters. The van der Waals surface area contributed by atoms with Gasteiger partial charge in [-0.2, -0.15) is 0 Å². The Bertz CT molecular complexity index is 504. The Kier molecular flexibility index (Phi) is 5.99. The zero-order valence-electron chi connectivity index (χ0n) is 12.4. The third kappa shape index (κ3) is 4.68. The molecular formula is C15H21BrFN3O. The molecule has 6 heteroatoms. The monoisotopic (exact) mass is 357 g/mol. The van der Waals surface area contributed by atoms with Crippen LogP contribution in [0.5, 0.6) is 0 Å². The van der Waals surface area contributed by atoms with Crippen LogP contribution in [0.15, 0.2) is 27.7 Å². The normalized spacial score (nSPS) is 18.9. The molecule has 1 aliphatic heterocycles. The number of nitrogens with zero attached hydrogens (tertiary/aromatic N) is 2. The molecule has 1 aliphatic rings. The summed E-state index contributed by atoms with van der Waals surface area (Å²) in [5, 5.41) is 3.20. The minimum atomic E-state index is -0.223. The summed E-state index contributed by atoms with van der Waals surface area (Å²) < 4.78 is 19.9. The van der Waals surface area contributed by atoms with Crippen LogP contribution in [-0.2, 0) is 11.3 Å². The Hall–Kier alpha value is -1.14. The molecule has 1 saturated heterocycles. The van der Waals surface area contributed by atoms with Gasteiger partial charge in [0.05, 0.1) is 6.61 Å². The van der Waals surface area contributed by atoms with Crippen LogP contribution < -0.4 is 5.32 Å². The van der Waals surface area contributed by atoms with E-state index in [1.54, 1.807) is 13.1 Å². The molecular weight excluding hydrogens is 337 g/mol. The highest BCUT2D eigenvalue weighted by atomic mass is 79.9. The largest absolute Gasteiger partial charge is 0.381 e. The van der Waals surface area contributed by atoms with Gasteiger partial charge >= 0.3 is 0 Å². The summed E-state index contributed by atoms with van der Waals surface area (Å²) in [6.45, 7) is 2.96. The van der Waals surface area contributed by atoms with Gasteiger partial charge < -0.3 is 15.0 Å². The maximum absolute atomic E-state index is 13.8. The summed E-state index contributed by atoms with van der Waals surface area (Å²) in [6, 6.07) is 5.08.